The molecule has 1 rings (SSSR count). The van der Waals surface area contributed by atoms with Crippen LogP contribution in [-0.2, 0) is 0 Å². The van der Waals surface area contributed by atoms with Crippen LogP contribution in [0.15, 0.2) is 42.5 Å². The zero-order valence-electron chi connectivity index (χ0n) is 11.9. The summed E-state index contributed by atoms with van der Waals surface area (Å²) in [5.74, 6) is 6.43. The van der Waals surface area contributed by atoms with Gasteiger partial charge in [0, 0.05) is 20.1 Å². The third kappa shape index (κ3) is 7.92. The lowest BCUT2D eigenvalue weighted by molar-refractivity contribution is 0.884. The summed E-state index contributed by atoms with van der Waals surface area (Å²) in [5.41, 5.74) is 1.12. The molecule has 0 bridgehead atoms. The van der Waals surface area contributed by atoms with E-state index in [-0.39, 0.29) is 0 Å². The summed E-state index contributed by atoms with van der Waals surface area (Å²) in [5, 5.41) is 0. The van der Waals surface area contributed by atoms with Gasteiger partial charge in [0.25, 0.3) is 0 Å². The highest BCUT2D eigenvalue weighted by Crippen LogP contribution is 2.09. The maximum Gasteiger partial charge on any atom is 0.0480 e. The smallest absolute Gasteiger partial charge is 0.0480 e. The summed E-state index contributed by atoms with van der Waals surface area (Å²) < 4.78 is 0. The van der Waals surface area contributed by atoms with E-state index >= 15 is 0 Å². The fraction of sp³-hybridized carbons (Fsp3) is 0.412. The van der Waals surface area contributed by atoms with E-state index in [0.717, 1.165) is 18.4 Å². The third-order valence-electron chi connectivity index (χ3n) is 2.58. The Morgan fingerprint density at radius 1 is 1.06 bits per heavy atom. The van der Waals surface area contributed by atoms with Gasteiger partial charge in [-0.05, 0) is 31.0 Å². The zero-order valence-corrected chi connectivity index (χ0v) is 12.9. The second kappa shape index (κ2) is 7.95. The van der Waals surface area contributed by atoms with E-state index in [9.17, 15) is 0 Å². The Morgan fingerprint density at radius 2 is 1.78 bits per heavy atom. The van der Waals surface area contributed by atoms with Gasteiger partial charge in [0.15, 0.2) is 0 Å². The van der Waals surface area contributed by atoms with Crippen LogP contribution >= 0.6 is 0 Å². The van der Waals surface area contributed by atoms with Gasteiger partial charge in [0.2, 0.25) is 0 Å². The summed E-state index contributed by atoms with van der Waals surface area (Å²) in [6, 6.07) is 11.5. The predicted octanol–water partition coefficient (Wildman–Crippen LogP) is 5.10. The Morgan fingerprint density at radius 3 is 2.44 bits per heavy atom. The maximum atomic E-state index is 3.23. The molecule has 0 saturated heterocycles. The van der Waals surface area contributed by atoms with Gasteiger partial charge in [-0.15, -0.1) is 0 Å². The van der Waals surface area contributed by atoms with Crippen molar-refractivity contribution in [3.63, 3.8) is 0 Å². The Kier molecular flexibility index (Phi) is 6.53. The lowest BCUT2D eigenvalue weighted by Crippen LogP contribution is -2.17. The van der Waals surface area contributed by atoms with Crippen LogP contribution in [0.25, 0.3) is 0 Å². The second-order valence-electron chi connectivity index (χ2n) is 5.80. The Labute approximate surface area is 113 Å². The first-order valence-electron chi connectivity index (χ1n) is 6.77. The minimum Gasteiger partial charge on any atom is -0.0979 e. The highest BCUT2D eigenvalue weighted by atomic mass is 28.3. The number of rotatable bonds is 5. The molecule has 0 unspecified atom stereocenters. The van der Waals surface area contributed by atoms with Gasteiger partial charge in [-0.2, -0.15) is 0 Å². The quantitative estimate of drug-likeness (QED) is 0.297. The average Bonchev–Trinajstić information content (AvgIpc) is 2.32. The lowest BCUT2D eigenvalue weighted by atomic mass is 10.2. The molecule has 0 fully saturated rings. The van der Waals surface area contributed by atoms with E-state index in [4.69, 9.17) is 0 Å². The molecule has 18 heavy (non-hydrogen) atoms. The molecule has 0 saturated carbocycles. The Balaban J connectivity index is 2.15. The molecule has 0 aromatic heterocycles. The standard InChI is InChI=1S/C17H24Si/c1-18(2,3)16-12-7-5-4-6-9-13-17-14-10-8-11-15-17/h7-8,10-12,14-15H,4-6,16H2,1-3H3/b12-7+. The van der Waals surface area contributed by atoms with Crippen molar-refractivity contribution in [2.75, 3.05) is 0 Å². The van der Waals surface area contributed by atoms with E-state index in [1.807, 2.05) is 18.2 Å². The SMILES string of the molecule is C[Si](C)(C)C/C=C/CCCC#Cc1ccccc1. The Hall–Kier alpha value is -1.26. The molecule has 0 radical (unpaired) electrons. The molecule has 0 nitrogen and oxygen atoms in total. The molecular formula is C17H24Si. The van der Waals surface area contributed by atoms with Gasteiger partial charge in [-0.1, -0.05) is 61.8 Å². The zero-order chi connectivity index (χ0) is 13.3. The topological polar surface area (TPSA) is 0 Å². The van der Waals surface area contributed by atoms with Gasteiger partial charge in [0.05, 0.1) is 0 Å². The van der Waals surface area contributed by atoms with Gasteiger partial charge >= 0.3 is 0 Å². The molecule has 0 aliphatic heterocycles. The number of hydrogen-bond acceptors (Lipinski definition) is 0. The van der Waals surface area contributed by atoms with Crippen LogP contribution in [0.1, 0.15) is 24.8 Å². The molecule has 0 heterocycles. The molecule has 1 heteroatoms. The maximum absolute atomic E-state index is 3.23. The second-order valence-corrected chi connectivity index (χ2v) is 11.3. The summed E-state index contributed by atoms with van der Waals surface area (Å²) in [7, 11) is -0.891. The number of hydrogen-bond donors (Lipinski definition) is 0. The fourth-order valence-electron chi connectivity index (χ4n) is 1.55. The molecule has 0 aliphatic rings. The van der Waals surface area contributed by atoms with Crippen LogP contribution < -0.4 is 0 Å². The minimum atomic E-state index is -0.891. The molecule has 0 N–H and O–H groups in total. The molecule has 0 aliphatic carbocycles. The highest BCUT2D eigenvalue weighted by molar-refractivity contribution is 6.76. The van der Waals surface area contributed by atoms with Crippen molar-refractivity contribution < 1.29 is 0 Å². The van der Waals surface area contributed by atoms with E-state index < -0.39 is 8.07 Å². The van der Waals surface area contributed by atoms with Crippen LogP contribution in [0.5, 0.6) is 0 Å². The van der Waals surface area contributed by atoms with Crippen LogP contribution in [-0.4, -0.2) is 8.07 Å². The number of unbranched alkanes of at least 4 members (excludes halogenated alkanes) is 2. The molecule has 96 valence electrons. The average molecular weight is 256 g/mol. The molecule has 1 aromatic carbocycles. The van der Waals surface area contributed by atoms with Crippen molar-refractivity contribution in [3.05, 3.63) is 48.0 Å². The van der Waals surface area contributed by atoms with E-state index in [1.165, 1.54) is 12.5 Å². The van der Waals surface area contributed by atoms with Crippen molar-refractivity contribution in [1.29, 1.82) is 0 Å². The minimum absolute atomic E-state index is 0.891. The normalized spacial score (nSPS) is 11.3. The summed E-state index contributed by atoms with van der Waals surface area (Å²) in [6.45, 7) is 7.22. The number of allylic oxidation sites excluding steroid dienone is 2. The van der Waals surface area contributed by atoms with Crippen molar-refractivity contribution in [3.8, 4) is 11.8 Å². The molecule has 0 spiro atoms. The fourth-order valence-corrected chi connectivity index (χ4v) is 2.42. The van der Waals surface area contributed by atoms with Crippen LogP contribution in [0.2, 0.25) is 25.7 Å². The largest absolute Gasteiger partial charge is 0.0979 e. The first-order valence-corrected chi connectivity index (χ1v) is 10.5. The summed E-state index contributed by atoms with van der Waals surface area (Å²) in [4.78, 5) is 0. The van der Waals surface area contributed by atoms with Gasteiger partial charge in [-0.25, -0.2) is 0 Å². The van der Waals surface area contributed by atoms with E-state index in [2.05, 4.69) is 55.8 Å². The number of benzene rings is 1. The predicted molar refractivity (Wildman–Crippen MR) is 84.5 cm³/mol. The molecule has 1 aromatic rings. The molecule has 0 amide bonds. The van der Waals surface area contributed by atoms with E-state index in [0.29, 0.717) is 0 Å². The van der Waals surface area contributed by atoms with Gasteiger partial charge < -0.3 is 0 Å². The first-order chi connectivity index (χ1) is 8.58. The Bertz CT molecular complexity index is 412. The van der Waals surface area contributed by atoms with Crippen molar-refractivity contribution >= 4 is 8.07 Å². The third-order valence-corrected chi connectivity index (χ3v) is 4.04. The monoisotopic (exact) mass is 256 g/mol. The highest BCUT2D eigenvalue weighted by Gasteiger charge is 2.08. The van der Waals surface area contributed by atoms with Gasteiger partial charge in [0.1, 0.15) is 0 Å². The van der Waals surface area contributed by atoms with Gasteiger partial charge in [-0.3, -0.25) is 0 Å². The van der Waals surface area contributed by atoms with Crippen LogP contribution in [0.3, 0.4) is 0 Å². The first kappa shape index (κ1) is 14.8. The molecular weight excluding hydrogens is 232 g/mol. The van der Waals surface area contributed by atoms with Crippen molar-refractivity contribution in [1.82, 2.24) is 0 Å². The van der Waals surface area contributed by atoms with Crippen LogP contribution in [0, 0.1) is 11.8 Å². The summed E-state index contributed by atoms with van der Waals surface area (Å²) >= 11 is 0. The molecule has 0 atom stereocenters. The van der Waals surface area contributed by atoms with Crippen molar-refractivity contribution in [2.24, 2.45) is 0 Å². The van der Waals surface area contributed by atoms with Crippen molar-refractivity contribution in [2.45, 2.75) is 44.9 Å². The lowest BCUT2D eigenvalue weighted by Gasteiger charge is -2.11. The summed E-state index contributed by atoms with van der Waals surface area (Å²) in [6.07, 6.45) is 8.00. The van der Waals surface area contributed by atoms with E-state index in [1.54, 1.807) is 0 Å². The van der Waals surface area contributed by atoms with Crippen LogP contribution in [0.4, 0.5) is 0 Å².